The molecule has 8 heteroatoms. The van der Waals surface area contributed by atoms with Crippen molar-refractivity contribution in [1.29, 1.82) is 0 Å². The number of morpholine rings is 1. The van der Waals surface area contributed by atoms with Crippen LogP contribution >= 0.6 is 0 Å². The second-order valence-electron chi connectivity index (χ2n) is 6.72. The molecule has 1 N–H and O–H groups in total. The maximum atomic E-state index is 12.7. The van der Waals surface area contributed by atoms with Gasteiger partial charge in [-0.15, -0.1) is 0 Å². The van der Waals surface area contributed by atoms with Gasteiger partial charge in [0.2, 0.25) is 0 Å². The first-order chi connectivity index (χ1) is 13.4. The Hall–Kier alpha value is -2.45. The Labute approximate surface area is 162 Å². The lowest BCUT2D eigenvalue weighted by Crippen LogP contribution is -2.35. The summed E-state index contributed by atoms with van der Waals surface area (Å²) < 4.78 is 40.8. The lowest BCUT2D eigenvalue weighted by atomic mass is 10.1. The van der Waals surface area contributed by atoms with Crippen molar-refractivity contribution in [2.75, 3.05) is 26.3 Å². The van der Waals surface area contributed by atoms with Gasteiger partial charge in [-0.3, -0.25) is 9.69 Å². The molecule has 152 valence electrons. The van der Waals surface area contributed by atoms with Crippen molar-refractivity contribution in [3.8, 4) is 5.75 Å². The van der Waals surface area contributed by atoms with Crippen LogP contribution in [0.15, 0.2) is 34.7 Å². The molecular weight excluding hydrogens is 370 g/mol. The number of halogens is 2. The topological polar surface area (TPSA) is 63.9 Å². The minimum atomic E-state index is -2.93. The van der Waals surface area contributed by atoms with Gasteiger partial charge in [-0.2, -0.15) is 8.78 Å². The maximum absolute atomic E-state index is 12.7. The molecule has 1 amide bonds. The third-order valence-corrected chi connectivity index (χ3v) is 4.61. The van der Waals surface area contributed by atoms with Gasteiger partial charge in [-0.1, -0.05) is 18.2 Å². The summed E-state index contributed by atoms with van der Waals surface area (Å²) in [5.41, 5.74) is 1.19. The van der Waals surface area contributed by atoms with E-state index in [1.807, 2.05) is 6.07 Å². The molecule has 0 aliphatic carbocycles. The fourth-order valence-electron chi connectivity index (χ4n) is 3.21. The number of nitrogens with zero attached hydrogens (tertiary/aromatic N) is 1. The minimum Gasteiger partial charge on any atom is -0.454 e. The van der Waals surface area contributed by atoms with Crippen LogP contribution in [0.2, 0.25) is 0 Å². The van der Waals surface area contributed by atoms with E-state index < -0.39 is 18.6 Å². The van der Waals surface area contributed by atoms with Gasteiger partial charge < -0.3 is 19.2 Å². The molecule has 2 heterocycles. The zero-order valence-corrected chi connectivity index (χ0v) is 15.9. The molecule has 1 aromatic heterocycles. The van der Waals surface area contributed by atoms with E-state index in [-0.39, 0.29) is 11.5 Å². The van der Waals surface area contributed by atoms with Gasteiger partial charge in [0.25, 0.3) is 5.91 Å². The standard InChI is InChI=1S/C20H24F2N2O4/c1-13-11-15(12-24-7-9-26-10-8-24)27-18(13)19(25)23-14(2)16-5-3-4-6-17(16)28-20(21)22/h3-6,11,14,20H,7-10,12H2,1-2H3,(H,23,25). The van der Waals surface area contributed by atoms with Crippen LogP contribution in [0.4, 0.5) is 8.78 Å². The van der Waals surface area contributed by atoms with Crippen LogP contribution in [-0.2, 0) is 11.3 Å². The fraction of sp³-hybridized carbons (Fsp3) is 0.450. The predicted octanol–water partition coefficient (Wildman–Crippen LogP) is 3.51. The van der Waals surface area contributed by atoms with Crippen molar-refractivity contribution in [1.82, 2.24) is 10.2 Å². The quantitative estimate of drug-likeness (QED) is 0.779. The number of para-hydroxylation sites is 1. The number of amides is 1. The molecule has 2 aromatic rings. The Morgan fingerprint density at radius 1 is 1.29 bits per heavy atom. The summed E-state index contributed by atoms with van der Waals surface area (Å²) in [6, 6.07) is 7.71. The number of furan rings is 1. The van der Waals surface area contributed by atoms with Gasteiger partial charge in [0.15, 0.2) is 5.76 Å². The van der Waals surface area contributed by atoms with Crippen molar-refractivity contribution in [3.05, 3.63) is 53.0 Å². The molecule has 1 aromatic carbocycles. The molecule has 0 saturated carbocycles. The first kappa shape index (κ1) is 20.3. The highest BCUT2D eigenvalue weighted by atomic mass is 19.3. The summed E-state index contributed by atoms with van der Waals surface area (Å²) >= 11 is 0. The van der Waals surface area contributed by atoms with E-state index in [1.165, 1.54) is 6.07 Å². The minimum absolute atomic E-state index is 0.0365. The van der Waals surface area contributed by atoms with Crippen LogP contribution in [0, 0.1) is 6.92 Å². The number of aryl methyl sites for hydroxylation is 1. The molecule has 1 unspecified atom stereocenters. The first-order valence-corrected chi connectivity index (χ1v) is 9.18. The van der Waals surface area contributed by atoms with Crippen LogP contribution < -0.4 is 10.1 Å². The molecule has 1 aliphatic heterocycles. The lowest BCUT2D eigenvalue weighted by molar-refractivity contribution is -0.0506. The van der Waals surface area contributed by atoms with Crippen LogP contribution in [0.5, 0.6) is 5.75 Å². The van der Waals surface area contributed by atoms with Crippen LogP contribution in [0.1, 0.15) is 40.4 Å². The number of carbonyl (C=O) groups excluding carboxylic acids is 1. The Balaban J connectivity index is 1.67. The third kappa shape index (κ3) is 5.08. The molecule has 3 rings (SSSR count). The highest BCUT2D eigenvalue weighted by Gasteiger charge is 2.22. The summed E-state index contributed by atoms with van der Waals surface area (Å²) in [6.07, 6.45) is 0. The van der Waals surface area contributed by atoms with Gasteiger partial charge in [-0.05, 0) is 26.0 Å². The van der Waals surface area contributed by atoms with E-state index in [9.17, 15) is 13.6 Å². The van der Waals surface area contributed by atoms with Crippen LogP contribution in [0.3, 0.4) is 0 Å². The summed E-state index contributed by atoms with van der Waals surface area (Å²) in [7, 11) is 0. The number of benzene rings is 1. The number of rotatable bonds is 7. The Morgan fingerprint density at radius 3 is 2.71 bits per heavy atom. The number of hydrogen-bond acceptors (Lipinski definition) is 5. The number of ether oxygens (including phenoxy) is 2. The molecule has 0 spiro atoms. The summed E-state index contributed by atoms with van der Waals surface area (Å²) in [4.78, 5) is 14.9. The number of hydrogen-bond donors (Lipinski definition) is 1. The molecule has 1 aliphatic rings. The van der Waals surface area contributed by atoms with E-state index in [1.54, 1.807) is 32.0 Å². The Kier molecular flexibility index (Phi) is 6.64. The van der Waals surface area contributed by atoms with Crippen molar-refractivity contribution in [3.63, 3.8) is 0 Å². The van der Waals surface area contributed by atoms with Crippen LogP contribution in [-0.4, -0.2) is 43.7 Å². The van der Waals surface area contributed by atoms with E-state index in [0.717, 1.165) is 18.7 Å². The van der Waals surface area contributed by atoms with Crippen molar-refractivity contribution < 1.29 is 27.5 Å². The Morgan fingerprint density at radius 2 is 2.00 bits per heavy atom. The van der Waals surface area contributed by atoms with Crippen molar-refractivity contribution >= 4 is 5.91 Å². The first-order valence-electron chi connectivity index (χ1n) is 9.18. The lowest BCUT2D eigenvalue weighted by Gasteiger charge is -2.25. The van der Waals surface area contributed by atoms with Crippen molar-refractivity contribution in [2.24, 2.45) is 0 Å². The van der Waals surface area contributed by atoms with E-state index >= 15 is 0 Å². The van der Waals surface area contributed by atoms with E-state index in [4.69, 9.17) is 9.15 Å². The van der Waals surface area contributed by atoms with Gasteiger partial charge in [-0.25, -0.2) is 0 Å². The SMILES string of the molecule is Cc1cc(CN2CCOCC2)oc1C(=O)NC(C)c1ccccc1OC(F)F. The van der Waals surface area contributed by atoms with E-state index in [0.29, 0.717) is 31.1 Å². The average molecular weight is 394 g/mol. The van der Waals surface area contributed by atoms with Gasteiger partial charge >= 0.3 is 6.61 Å². The monoisotopic (exact) mass is 394 g/mol. The smallest absolute Gasteiger partial charge is 0.387 e. The second kappa shape index (κ2) is 9.16. The zero-order chi connectivity index (χ0) is 20.1. The molecular formula is C20H24F2N2O4. The van der Waals surface area contributed by atoms with Gasteiger partial charge in [0.05, 0.1) is 25.8 Å². The highest BCUT2D eigenvalue weighted by molar-refractivity contribution is 5.93. The van der Waals surface area contributed by atoms with Gasteiger partial charge in [0.1, 0.15) is 11.5 Å². The number of alkyl halides is 2. The normalized spacial score (nSPS) is 16.2. The van der Waals surface area contributed by atoms with Crippen LogP contribution in [0.25, 0.3) is 0 Å². The van der Waals surface area contributed by atoms with E-state index in [2.05, 4.69) is 15.0 Å². The van der Waals surface area contributed by atoms with Gasteiger partial charge in [0, 0.05) is 24.2 Å². The fourth-order valence-corrected chi connectivity index (χ4v) is 3.21. The molecule has 1 atom stereocenters. The molecule has 6 nitrogen and oxygen atoms in total. The number of carbonyl (C=O) groups is 1. The van der Waals surface area contributed by atoms with Crippen molar-refractivity contribution in [2.45, 2.75) is 33.0 Å². The summed E-state index contributed by atoms with van der Waals surface area (Å²) in [6.45, 7) is 4.20. The average Bonchev–Trinajstić information content (AvgIpc) is 3.02. The number of nitrogens with one attached hydrogen (secondary N) is 1. The largest absolute Gasteiger partial charge is 0.454 e. The predicted molar refractivity (Wildman–Crippen MR) is 98.5 cm³/mol. The third-order valence-electron chi connectivity index (χ3n) is 4.61. The summed E-state index contributed by atoms with van der Waals surface area (Å²) in [5.74, 6) is 0.570. The molecule has 0 radical (unpaired) electrons. The molecule has 1 saturated heterocycles. The molecule has 0 bridgehead atoms. The highest BCUT2D eigenvalue weighted by Crippen LogP contribution is 2.27. The molecule has 28 heavy (non-hydrogen) atoms. The second-order valence-corrected chi connectivity index (χ2v) is 6.72. The molecule has 1 fully saturated rings. The Bertz CT molecular complexity index is 803. The zero-order valence-electron chi connectivity index (χ0n) is 15.9. The maximum Gasteiger partial charge on any atom is 0.387 e. The summed E-state index contributed by atoms with van der Waals surface area (Å²) in [5, 5.41) is 2.79.